The van der Waals surface area contributed by atoms with Crippen LogP contribution in [-0.2, 0) is 9.53 Å². The number of carbonyl (C=O) groups is 1. The number of amides is 1. The zero-order chi connectivity index (χ0) is 8.97. The molecule has 0 saturated carbocycles. The monoisotopic (exact) mass is 169 g/mol. The Bertz CT molecular complexity index is 179. The van der Waals surface area contributed by atoms with E-state index in [2.05, 4.69) is 6.58 Å². The summed E-state index contributed by atoms with van der Waals surface area (Å²) in [6, 6.07) is 0. The lowest BCUT2D eigenvalue weighted by atomic mass is 10.3. The highest BCUT2D eigenvalue weighted by molar-refractivity contribution is 5.86. The van der Waals surface area contributed by atoms with E-state index in [1.165, 1.54) is 6.08 Å². The van der Waals surface area contributed by atoms with E-state index in [0.717, 1.165) is 13.0 Å². The first-order chi connectivity index (χ1) is 5.74. The molecule has 0 aromatic rings. The second-order valence-electron chi connectivity index (χ2n) is 3.00. The minimum Gasteiger partial charge on any atom is -0.377 e. The van der Waals surface area contributed by atoms with Gasteiger partial charge >= 0.3 is 0 Å². The van der Waals surface area contributed by atoms with Gasteiger partial charge in [-0.25, -0.2) is 0 Å². The zero-order valence-electron chi connectivity index (χ0n) is 7.45. The molecule has 0 aromatic carbocycles. The lowest BCUT2D eigenvalue weighted by Gasteiger charge is -2.16. The van der Waals surface area contributed by atoms with E-state index in [-0.39, 0.29) is 12.0 Å². The van der Waals surface area contributed by atoms with Gasteiger partial charge in [0.05, 0.1) is 12.7 Å². The van der Waals surface area contributed by atoms with Crippen LogP contribution in [0.25, 0.3) is 0 Å². The van der Waals surface area contributed by atoms with Gasteiger partial charge in [0.2, 0.25) is 5.91 Å². The van der Waals surface area contributed by atoms with Crippen molar-refractivity contribution in [1.82, 2.24) is 4.90 Å². The van der Waals surface area contributed by atoms with Gasteiger partial charge in [0, 0.05) is 13.1 Å². The summed E-state index contributed by atoms with van der Waals surface area (Å²) in [5, 5.41) is 0. The summed E-state index contributed by atoms with van der Waals surface area (Å²) in [7, 11) is 0. The normalized spacial score (nSPS) is 24.8. The standard InChI is InChI=1S/C9H15NO2/c1-3-9(11)10-5-4-8(2)12-7-6-10/h3,8H,1,4-7H2,2H3/t8-/m1/s1. The van der Waals surface area contributed by atoms with Crippen molar-refractivity contribution >= 4 is 5.91 Å². The molecule has 0 N–H and O–H groups in total. The fourth-order valence-corrected chi connectivity index (χ4v) is 1.25. The van der Waals surface area contributed by atoms with Crippen molar-refractivity contribution in [2.75, 3.05) is 19.7 Å². The molecular formula is C9H15NO2. The molecule has 3 nitrogen and oxygen atoms in total. The number of carbonyl (C=O) groups excluding carboxylic acids is 1. The van der Waals surface area contributed by atoms with Crippen molar-refractivity contribution in [2.24, 2.45) is 0 Å². The Morgan fingerprint density at radius 2 is 2.42 bits per heavy atom. The first kappa shape index (κ1) is 9.26. The molecule has 3 heteroatoms. The molecule has 0 unspecified atom stereocenters. The smallest absolute Gasteiger partial charge is 0.246 e. The highest BCUT2D eigenvalue weighted by atomic mass is 16.5. The highest BCUT2D eigenvalue weighted by Gasteiger charge is 2.15. The molecule has 1 amide bonds. The van der Waals surface area contributed by atoms with Crippen molar-refractivity contribution in [2.45, 2.75) is 19.4 Å². The van der Waals surface area contributed by atoms with Gasteiger partial charge in [0.25, 0.3) is 0 Å². The van der Waals surface area contributed by atoms with Gasteiger partial charge in [0.1, 0.15) is 0 Å². The van der Waals surface area contributed by atoms with Crippen LogP contribution in [0.3, 0.4) is 0 Å². The Kier molecular flexibility index (Phi) is 3.29. The Labute approximate surface area is 73.0 Å². The molecule has 1 rings (SSSR count). The molecule has 12 heavy (non-hydrogen) atoms. The first-order valence-electron chi connectivity index (χ1n) is 4.27. The van der Waals surface area contributed by atoms with Crippen LogP contribution in [0.1, 0.15) is 13.3 Å². The van der Waals surface area contributed by atoms with Crippen LogP contribution in [-0.4, -0.2) is 36.6 Å². The zero-order valence-corrected chi connectivity index (χ0v) is 7.45. The summed E-state index contributed by atoms with van der Waals surface area (Å²) >= 11 is 0. The third-order valence-corrected chi connectivity index (χ3v) is 2.06. The van der Waals surface area contributed by atoms with E-state index in [0.29, 0.717) is 13.2 Å². The molecule has 1 heterocycles. The van der Waals surface area contributed by atoms with Crippen molar-refractivity contribution in [1.29, 1.82) is 0 Å². The summed E-state index contributed by atoms with van der Waals surface area (Å²) in [5.74, 6) is 0.00713. The van der Waals surface area contributed by atoms with Gasteiger partial charge in [0.15, 0.2) is 0 Å². The molecule has 0 radical (unpaired) electrons. The predicted octanol–water partition coefficient (Wildman–Crippen LogP) is 0.810. The molecule has 68 valence electrons. The Morgan fingerprint density at radius 1 is 1.67 bits per heavy atom. The quantitative estimate of drug-likeness (QED) is 0.544. The van der Waals surface area contributed by atoms with Gasteiger partial charge in [-0.2, -0.15) is 0 Å². The van der Waals surface area contributed by atoms with Crippen LogP contribution in [0.2, 0.25) is 0 Å². The third kappa shape index (κ3) is 2.34. The van der Waals surface area contributed by atoms with Crippen LogP contribution in [0.5, 0.6) is 0 Å². The van der Waals surface area contributed by atoms with E-state index in [9.17, 15) is 4.79 Å². The van der Waals surface area contributed by atoms with Crippen LogP contribution in [0, 0.1) is 0 Å². The molecule has 0 bridgehead atoms. The van der Waals surface area contributed by atoms with Gasteiger partial charge in [-0.1, -0.05) is 6.58 Å². The van der Waals surface area contributed by atoms with Gasteiger partial charge in [-0.15, -0.1) is 0 Å². The average Bonchev–Trinajstić information content (AvgIpc) is 2.29. The van der Waals surface area contributed by atoms with Gasteiger partial charge in [-0.3, -0.25) is 4.79 Å². The molecule has 1 fully saturated rings. The minimum atomic E-state index is 0.00713. The summed E-state index contributed by atoms with van der Waals surface area (Å²) in [4.78, 5) is 13.0. The van der Waals surface area contributed by atoms with Crippen molar-refractivity contribution in [3.8, 4) is 0 Å². The number of hydrogen-bond donors (Lipinski definition) is 0. The molecule has 1 saturated heterocycles. The van der Waals surface area contributed by atoms with Gasteiger partial charge in [-0.05, 0) is 19.4 Å². The van der Waals surface area contributed by atoms with Gasteiger partial charge < -0.3 is 9.64 Å². The molecule has 0 aliphatic carbocycles. The largest absolute Gasteiger partial charge is 0.377 e. The van der Waals surface area contributed by atoms with Crippen LogP contribution >= 0.6 is 0 Å². The lowest BCUT2D eigenvalue weighted by Crippen LogP contribution is -2.31. The van der Waals surface area contributed by atoms with E-state index >= 15 is 0 Å². The fraction of sp³-hybridized carbons (Fsp3) is 0.667. The molecule has 0 aromatic heterocycles. The van der Waals surface area contributed by atoms with E-state index in [1.54, 1.807) is 4.90 Å². The molecule has 1 aliphatic rings. The second-order valence-corrected chi connectivity index (χ2v) is 3.00. The lowest BCUT2D eigenvalue weighted by molar-refractivity contribution is -0.126. The van der Waals surface area contributed by atoms with Crippen molar-refractivity contribution in [3.05, 3.63) is 12.7 Å². The summed E-state index contributed by atoms with van der Waals surface area (Å²) in [6.07, 6.45) is 2.54. The van der Waals surface area contributed by atoms with Crippen molar-refractivity contribution < 1.29 is 9.53 Å². The Balaban J connectivity index is 2.45. The first-order valence-corrected chi connectivity index (χ1v) is 4.27. The maximum Gasteiger partial charge on any atom is 0.246 e. The number of ether oxygens (including phenoxy) is 1. The SMILES string of the molecule is C=CC(=O)N1CCO[C@H](C)CC1. The third-order valence-electron chi connectivity index (χ3n) is 2.06. The van der Waals surface area contributed by atoms with E-state index in [4.69, 9.17) is 4.74 Å². The minimum absolute atomic E-state index is 0.00713. The van der Waals surface area contributed by atoms with Crippen LogP contribution in [0.4, 0.5) is 0 Å². The summed E-state index contributed by atoms with van der Waals surface area (Å²) < 4.78 is 5.40. The topological polar surface area (TPSA) is 29.5 Å². The van der Waals surface area contributed by atoms with E-state index < -0.39 is 0 Å². The molecule has 0 spiro atoms. The summed E-state index contributed by atoms with van der Waals surface area (Å²) in [6.45, 7) is 7.60. The van der Waals surface area contributed by atoms with Crippen LogP contribution < -0.4 is 0 Å². The van der Waals surface area contributed by atoms with E-state index in [1.807, 2.05) is 6.92 Å². The maximum absolute atomic E-state index is 11.2. The number of rotatable bonds is 1. The summed E-state index contributed by atoms with van der Waals surface area (Å²) in [5.41, 5.74) is 0. The maximum atomic E-state index is 11.2. The number of hydrogen-bond acceptors (Lipinski definition) is 2. The predicted molar refractivity (Wildman–Crippen MR) is 46.8 cm³/mol. The Morgan fingerprint density at radius 3 is 3.08 bits per heavy atom. The molecule has 1 atom stereocenters. The second kappa shape index (κ2) is 4.26. The van der Waals surface area contributed by atoms with Crippen LogP contribution in [0.15, 0.2) is 12.7 Å². The number of nitrogens with zero attached hydrogens (tertiary/aromatic N) is 1. The Hall–Kier alpha value is -0.830. The molecular weight excluding hydrogens is 154 g/mol. The highest BCUT2D eigenvalue weighted by Crippen LogP contribution is 2.06. The average molecular weight is 169 g/mol. The fourth-order valence-electron chi connectivity index (χ4n) is 1.25. The van der Waals surface area contributed by atoms with Crippen molar-refractivity contribution in [3.63, 3.8) is 0 Å². The molecule has 1 aliphatic heterocycles.